The summed E-state index contributed by atoms with van der Waals surface area (Å²) in [5.74, 6) is 1.22. The molecular weight excluding hydrogens is 396 g/mol. The van der Waals surface area contributed by atoms with Crippen molar-refractivity contribution in [3.8, 4) is 5.75 Å². The van der Waals surface area contributed by atoms with Gasteiger partial charge in [-0.3, -0.25) is 4.79 Å². The average molecular weight is 425 g/mol. The number of aromatic amines is 1. The molecule has 3 aromatic rings. The standard InChI is InChI=1S/C25H29ClN2O2/c1-15(2)25(16(3)4)19-8-6-9-20(26)17(19)12-13-28(25)24(29)22-14-18-21(27-22)10-7-11-23(18)30-5/h6-11,14-16,27H,12-13H2,1-5H3. The lowest BCUT2D eigenvalue weighted by Crippen LogP contribution is -2.59. The lowest BCUT2D eigenvalue weighted by atomic mass is 9.67. The number of benzene rings is 2. The van der Waals surface area contributed by atoms with Crippen molar-refractivity contribution >= 4 is 28.4 Å². The van der Waals surface area contributed by atoms with Gasteiger partial charge in [-0.05, 0) is 53.6 Å². The fourth-order valence-corrected chi connectivity index (χ4v) is 5.76. The number of aromatic nitrogens is 1. The van der Waals surface area contributed by atoms with Crippen molar-refractivity contribution in [2.24, 2.45) is 11.8 Å². The molecule has 30 heavy (non-hydrogen) atoms. The zero-order valence-corrected chi connectivity index (χ0v) is 19.0. The number of hydrogen-bond donors (Lipinski definition) is 1. The van der Waals surface area contributed by atoms with Gasteiger partial charge in [-0.1, -0.05) is 57.5 Å². The van der Waals surface area contributed by atoms with Crippen LogP contribution < -0.4 is 4.74 Å². The second-order valence-electron chi connectivity index (χ2n) is 8.71. The van der Waals surface area contributed by atoms with E-state index < -0.39 is 5.54 Å². The maximum Gasteiger partial charge on any atom is 0.271 e. The van der Waals surface area contributed by atoms with E-state index in [2.05, 4.69) is 43.6 Å². The zero-order valence-electron chi connectivity index (χ0n) is 18.3. The van der Waals surface area contributed by atoms with E-state index in [9.17, 15) is 4.79 Å². The molecule has 4 nitrogen and oxygen atoms in total. The molecule has 0 unspecified atom stereocenters. The van der Waals surface area contributed by atoms with Crippen LogP contribution in [0.5, 0.6) is 5.75 Å². The van der Waals surface area contributed by atoms with Crippen LogP contribution >= 0.6 is 11.6 Å². The van der Waals surface area contributed by atoms with E-state index in [-0.39, 0.29) is 17.7 Å². The molecule has 5 heteroatoms. The summed E-state index contributed by atoms with van der Waals surface area (Å²) in [7, 11) is 1.65. The van der Waals surface area contributed by atoms with E-state index in [1.54, 1.807) is 7.11 Å². The molecule has 0 bridgehead atoms. The highest BCUT2D eigenvalue weighted by atomic mass is 35.5. The van der Waals surface area contributed by atoms with Crippen LogP contribution in [-0.2, 0) is 12.0 Å². The van der Waals surface area contributed by atoms with Crippen LogP contribution in [0.3, 0.4) is 0 Å². The number of amides is 1. The Labute approximate surface area is 183 Å². The Balaban J connectivity index is 1.88. The number of H-pyrrole nitrogens is 1. The number of halogens is 1. The summed E-state index contributed by atoms with van der Waals surface area (Å²) in [5.41, 5.74) is 3.40. The molecule has 2 aromatic carbocycles. The quantitative estimate of drug-likeness (QED) is 0.555. The summed E-state index contributed by atoms with van der Waals surface area (Å²) in [5, 5.41) is 1.71. The molecule has 1 N–H and O–H groups in total. The van der Waals surface area contributed by atoms with Gasteiger partial charge in [0.05, 0.1) is 12.6 Å². The third-order valence-electron chi connectivity index (χ3n) is 6.66. The molecule has 0 spiro atoms. The minimum atomic E-state index is -0.434. The molecule has 1 amide bonds. The molecule has 2 heterocycles. The summed E-state index contributed by atoms with van der Waals surface area (Å²) in [6.07, 6.45) is 0.755. The van der Waals surface area contributed by atoms with Crippen molar-refractivity contribution in [3.05, 3.63) is 64.3 Å². The van der Waals surface area contributed by atoms with Gasteiger partial charge in [0, 0.05) is 22.5 Å². The SMILES string of the molecule is COc1cccc2[nH]c(C(=O)N3CCc4c(Cl)cccc4C3(C(C)C)C(C)C)cc12. The van der Waals surface area contributed by atoms with Gasteiger partial charge in [-0.15, -0.1) is 0 Å². The van der Waals surface area contributed by atoms with Gasteiger partial charge < -0.3 is 14.6 Å². The van der Waals surface area contributed by atoms with Crippen LogP contribution in [0.25, 0.3) is 10.9 Å². The Kier molecular flexibility index (Phi) is 5.31. The van der Waals surface area contributed by atoms with Crippen LogP contribution in [0.1, 0.15) is 49.3 Å². The number of nitrogens with one attached hydrogen (secondary N) is 1. The van der Waals surface area contributed by atoms with Crippen LogP contribution in [0.2, 0.25) is 5.02 Å². The lowest BCUT2D eigenvalue weighted by molar-refractivity contribution is -0.00257. The summed E-state index contributed by atoms with van der Waals surface area (Å²) in [4.78, 5) is 19.3. The Morgan fingerprint density at radius 3 is 2.50 bits per heavy atom. The Morgan fingerprint density at radius 1 is 1.13 bits per heavy atom. The minimum absolute atomic E-state index is 0.0151. The van der Waals surface area contributed by atoms with E-state index >= 15 is 0 Å². The molecule has 0 aliphatic carbocycles. The predicted octanol–water partition coefficient (Wildman–Crippen LogP) is 6.04. The fraction of sp³-hybridized carbons (Fsp3) is 0.400. The first kappa shape index (κ1) is 20.8. The average Bonchev–Trinajstić information content (AvgIpc) is 3.16. The van der Waals surface area contributed by atoms with Crippen molar-refractivity contribution in [3.63, 3.8) is 0 Å². The number of methoxy groups -OCH3 is 1. The number of rotatable bonds is 4. The van der Waals surface area contributed by atoms with Gasteiger partial charge in [-0.2, -0.15) is 0 Å². The van der Waals surface area contributed by atoms with Gasteiger partial charge in [-0.25, -0.2) is 0 Å². The van der Waals surface area contributed by atoms with E-state index in [4.69, 9.17) is 16.3 Å². The number of ether oxygens (including phenoxy) is 1. The molecule has 0 saturated carbocycles. The molecule has 1 aromatic heterocycles. The predicted molar refractivity (Wildman–Crippen MR) is 122 cm³/mol. The number of fused-ring (bicyclic) bond motifs is 2. The topological polar surface area (TPSA) is 45.3 Å². The second-order valence-corrected chi connectivity index (χ2v) is 9.12. The van der Waals surface area contributed by atoms with Crippen LogP contribution in [0, 0.1) is 11.8 Å². The molecule has 0 fully saturated rings. The second kappa shape index (κ2) is 7.66. The van der Waals surface area contributed by atoms with Gasteiger partial charge in [0.1, 0.15) is 11.4 Å². The van der Waals surface area contributed by atoms with Crippen molar-refractivity contribution in [2.45, 2.75) is 39.7 Å². The molecule has 0 radical (unpaired) electrons. The van der Waals surface area contributed by atoms with Crippen molar-refractivity contribution in [1.82, 2.24) is 9.88 Å². The highest BCUT2D eigenvalue weighted by molar-refractivity contribution is 6.31. The third-order valence-corrected chi connectivity index (χ3v) is 7.02. The Bertz CT molecular complexity index is 1090. The van der Waals surface area contributed by atoms with Crippen LogP contribution in [-0.4, -0.2) is 29.4 Å². The number of hydrogen-bond acceptors (Lipinski definition) is 2. The smallest absolute Gasteiger partial charge is 0.271 e. The Morgan fingerprint density at radius 2 is 1.83 bits per heavy atom. The summed E-state index contributed by atoms with van der Waals surface area (Å²) in [6.45, 7) is 9.43. The number of nitrogens with zero attached hydrogens (tertiary/aromatic N) is 1. The molecule has 158 valence electrons. The number of carbonyl (C=O) groups excluding carboxylic acids is 1. The van der Waals surface area contributed by atoms with Gasteiger partial charge >= 0.3 is 0 Å². The molecule has 4 rings (SSSR count). The highest BCUT2D eigenvalue weighted by Crippen LogP contribution is 2.48. The van der Waals surface area contributed by atoms with E-state index in [1.807, 2.05) is 36.4 Å². The van der Waals surface area contributed by atoms with E-state index in [0.717, 1.165) is 28.1 Å². The lowest BCUT2D eigenvalue weighted by Gasteiger charge is -2.53. The molecular formula is C25H29ClN2O2. The van der Waals surface area contributed by atoms with Crippen molar-refractivity contribution < 1.29 is 9.53 Å². The first-order chi connectivity index (χ1) is 14.3. The van der Waals surface area contributed by atoms with E-state index in [1.165, 1.54) is 11.1 Å². The monoisotopic (exact) mass is 424 g/mol. The summed E-state index contributed by atoms with van der Waals surface area (Å²) < 4.78 is 5.48. The zero-order chi connectivity index (χ0) is 21.6. The van der Waals surface area contributed by atoms with Crippen molar-refractivity contribution in [2.75, 3.05) is 13.7 Å². The van der Waals surface area contributed by atoms with Crippen LogP contribution in [0.15, 0.2) is 42.5 Å². The molecule has 0 saturated heterocycles. The molecule has 1 aliphatic rings. The van der Waals surface area contributed by atoms with Gasteiger partial charge in [0.25, 0.3) is 5.91 Å². The normalized spacial score (nSPS) is 15.7. The maximum absolute atomic E-state index is 13.9. The van der Waals surface area contributed by atoms with Gasteiger partial charge in [0.15, 0.2) is 0 Å². The van der Waals surface area contributed by atoms with Crippen LogP contribution in [0.4, 0.5) is 0 Å². The van der Waals surface area contributed by atoms with Crippen molar-refractivity contribution in [1.29, 1.82) is 0 Å². The largest absolute Gasteiger partial charge is 0.496 e. The first-order valence-corrected chi connectivity index (χ1v) is 11.0. The Hall–Kier alpha value is -2.46. The minimum Gasteiger partial charge on any atom is -0.496 e. The van der Waals surface area contributed by atoms with E-state index in [0.29, 0.717) is 12.2 Å². The number of carbonyl (C=O) groups is 1. The summed E-state index contributed by atoms with van der Waals surface area (Å²) in [6, 6.07) is 13.8. The van der Waals surface area contributed by atoms with Gasteiger partial charge in [0.2, 0.25) is 0 Å². The maximum atomic E-state index is 13.9. The third kappa shape index (κ3) is 2.92. The first-order valence-electron chi connectivity index (χ1n) is 10.6. The molecule has 0 atom stereocenters. The summed E-state index contributed by atoms with van der Waals surface area (Å²) >= 11 is 6.59. The highest BCUT2D eigenvalue weighted by Gasteiger charge is 2.50. The fourth-order valence-electron chi connectivity index (χ4n) is 5.49. The molecule has 1 aliphatic heterocycles.